The Morgan fingerprint density at radius 3 is 2.49 bits per heavy atom. The van der Waals surface area contributed by atoms with Gasteiger partial charge in [-0.05, 0) is 71.1 Å². The second-order valence-electron chi connectivity index (χ2n) is 8.56. The first-order valence-corrected chi connectivity index (χ1v) is 11.7. The summed E-state index contributed by atoms with van der Waals surface area (Å²) in [6, 6.07) is 24.8. The van der Waals surface area contributed by atoms with Crippen LogP contribution in [0.2, 0.25) is 0 Å². The average molecular weight is 494 g/mol. The fourth-order valence-electron chi connectivity index (χ4n) is 4.26. The molecule has 0 radical (unpaired) electrons. The molecule has 0 atom stereocenters. The highest BCUT2D eigenvalue weighted by Crippen LogP contribution is 2.41. The van der Waals surface area contributed by atoms with E-state index in [1.54, 1.807) is 18.2 Å². The van der Waals surface area contributed by atoms with E-state index >= 15 is 0 Å². The summed E-state index contributed by atoms with van der Waals surface area (Å²) in [6.07, 6.45) is 0.681. The zero-order chi connectivity index (χ0) is 25.8. The second kappa shape index (κ2) is 10.3. The molecule has 4 aromatic carbocycles. The van der Waals surface area contributed by atoms with E-state index in [2.05, 4.69) is 27.7 Å². The number of aromatic carboxylic acids is 1. The molecule has 1 aliphatic carbocycles. The van der Waals surface area contributed by atoms with Crippen molar-refractivity contribution in [2.45, 2.75) is 12.8 Å². The number of carbonyl (C=O) groups excluding carboxylic acids is 1. The first kappa shape index (κ1) is 23.7. The van der Waals surface area contributed by atoms with Crippen molar-refractivity contribution in [1.82, 2.24) is 5.32 Å². The molecule has 0 unspecified atom stereocenters. The van der Waals surface area contributed by atoms with Crippen LogP contribution in [0.5, 0.6) is 11.5 Å². The third-order valence-corrected chi connectivity index (χ3v) is 6.12. The van der Waals surface area contributed by atoms with Crippen LogP contribution in [0.15, 0.2) is 95.2 Å². The summed E-state index contributed by atoms with van der Waals surface area (Å²) >= 11 is 0. The van der Waals surface area contributed by atoms with Crippen molar-refractivity contribution in [3.63, 3.8) is 0 Å². The van der Waals surface area contributed by atoms with E-state index < -0.39 is 12.1 Å². The van der Waals surface area contributed by atoms with Gasteiger partial charge in [0.25, 0.3) is 0 Å². The van der Waals surface area contributed by atoms with Gasteiger partial charge in [-0.1, -0.05) is 42.5 Å². The number of ether oxygens (including phenoxy) is 1. The number of hydrogen-bond acceptors (Lipinski definition) is 6. The summed E-state index contributed by atoms with van der Waals surface area (Å²) in [5, 5.41) is 30.0. The molecule has 8 heteroatoms. The van der Waals surface area contributed by atoms with Gasteiger partial charge in [0.1, 0.15) is 17.2 Å². The number of nitrogens with zero attached hydrogens (tertiary/aromatic N) is 2. The molecule has 3 N–H and O–H groups in total. The Bertz CT molecular complexity index is 1510. The number of hydrogen-bond donors (Lipinski definition) is 3. The number of amides is 1. The normalized spacial score (nSPS) is 11.7. The van der Waals surface area contributed by atoms with E-state index in [9.17, 15) is 14.7 Å². The molecule has 0 saturated heterocycles. The van der Waals surface area contributed by atoms with Crippen molar-refractivity contribution in [3.05, 3.63) is 107 Å². The summed E-state index contributed by atoms with van der Waals surface area (Å²) in [5.74, 6) is -0.513. The molecule has 37 heavy (non-hydrogen) atoms. The predicted octanol–water partition coefficient (Wildman–Crippen LogP) is 6.41. The number of phenols is 1. The van der Waals surface area contributed by atoms with Crippen molar-refractivity contribution in [2.75, 3.05) is 6.54 Å². The topological polar surface area (TPSA) is 121 Å². The highest BCUT2D eigenvalue weighted by molar-refractivity contribution is 5.87. The van der Waals surface area contributed by atoms with Crippen LogP contribution >= 0.6 is 0 Å². The molecular formula is C29H23N3O5. The van der Waals surface area contributed by atoms with Crippen LogP contribution in [-0.2, 0) is 12.8 Å². The minimum Gasteiger partial charge on any atom is -0.506 e. The van der Waals surface area contributed by atoms with Crippen LogP contribution in [0, 0.1) is 0 Å². The number of carbonyl (C=O) groups is 2. The van der Waals surface area contributed by atoms with Gasteiger partial charge < -0.3 is 20.3 Å². The highest BCUT2D eigenvalue weighted by Gasteiger charge is 2.22. The average Bonchev–Trinajstić information content (AvgIpc) is 3.29. The zero-order valence-corrected chi connectivity index (χ0v) is 19.7. The van der Waals surface area contributed by atoms with Gasteiger partial charge in [0.2, 0.25) is 0 Å². The Kier molecular flexibility index (Phi) is 6.63. The summed E-state index contributed by atoms with van der Waals surface area (Å²) < 4.78 is 5.62. The monoisotopic (exact) mass is 493 g/mol. The maximum atomic E-state index is 12.5. The van der Waals surface area contributed by atoms with Crippen molar-refractivity contribution in [1.29, 1.82) is 0 Å². The molecule has 5 rings (SSSR count). The van der Waals surface area contributed by atoms with Crippen LogP contribution in [0.3, 0.4) is 0 Å². The van der Waals surface area contributed by atoms with Crippen LogP contribution in [0.4, 0.5) is 16.2 Å². The molecule has 0 aliphatic heterocycles. The summed E-state index contributed by atoms with van der Waals surface area (Å²) in [5.41, 5.74) is 6.18. The smallest absolute Gasteiger partial charge is 0.412 e. The van der Waals surface area contributed by atoms with Gasteiger partial charge in [-0.2, -0.15) is 5.11 Å². The second-order valence-corrected chi connectivity index (χ2v) is 8.56. The van der Waals surface area contributed by atoms with E-state index in [4.69, 9.17) is 9.84 Å². The summed E-state index contributed by atoms with van der Waals surface area (Å²) in [4.78, 5) is 23.4. The minimum atomic E-state index is -1.02. The molecule has 8 nitrogen and oxygen atoms in total. The molecule has 4 aromatic rings. The number of carboxylic acids is 1. The molecule has 0 spiro atoms. The number of nitrogens with one attached hydrogen (secondary N) is 1. The SMILES string of the molecule is O=C(NCCc1ccc(O)c(N=Nc2ccc(C(=O)O)cc2)c1)Oc1cccc2c1Cc1ccccc1-2. The van der Waals surface area contributed by atoms with E-state index in [-0.39, 0.29) is 17.0 Å². The van der Waals surface area contributed by atoms with Crippen LogP contribution < -0.4 is 10.1 Å². The standard InChI is InChI=1S/C29H23N3O5/c33-26-13-8-18(16-25(26)32-31-21-11-9-19(10-12-21)28(34)35)14-15-30-29(36)37-27-7-3-6-23-22-5-2-1-4-20(22)17-24(23)27/h1-13,16,33H,14-15,17H2,(H,30,36)(H,34,35). The minimum absolute atomic E-state index is 0.0408. The third-order valence-electron chi connectivity index (χ3n) is 6.12. The van der Waals surface area contributed by atoms with E-state index in [0.717, 1.165) is 23.1 Å². The summed E-state index contributed by atoms with van der Waals surface area (Å²) in [6.45, 7) is 0.325. The summed E-state index contributed by atoms with van der Waals surface area (Å²) in [7, 11) is 0. The van der Waals surface area contributed by atoms with Crippen LogP contribution in [0.1, 0.15) is 27.0 Å². The number of azo groups is 1. The van der Waals surface area contributed by atoms with E-state index in [1.165, 1.54) is 41.5 Å². The molecule has 0 bridgehead atoms. The number of carboxylic acid groups (broad SMARTS) is 1. The van der Waals surface area contributed by atoms with Gasteiger partial charge in [0, 0.05) is 18.5 Å². The molecule has 0 aromatic heterocycles. The van der Waals surface area contributed by atoms with Crippen molar-refractivity contribution >= 4 is 23.4 Å². The lowest BCUT2D eigenvalue weighted by Gasteiger charge is -2.10. The van der Waals surface area contributed by atoms with Crippen molar-refractivity contribution in [3.8, 4) is 22.6 Å². The molecule has 0 heterocycles. The Labute approximate surface area is 212 Å². The predicted molar refractivity (Wildman–Crippen MR) is 138 cm³/mol. The third kappa shape index (κ3) is 5.33. The van der Waals surface area contributed by atoms with Gasteiger partial charge in [0.05, 0.1) is 11.3 Å². The molecule has 184 valence electrons. The number of phenolic OH excluding ortho intramolecular Hbond substituents is 1. The maximum Gasteiger partial charge on any atom is 0.412 e. The number of fused-ring (bicyclic) bond motifs is 3. The number of rotatable bonds is 7. The largest absolute Gasteiger partial charge is 0.506 e. The van der Waals surface area contributed by atoms with Gasteiger partial charge in [-0.3, -0.25) is 0 Å². The Morgan fingerprint density at radius 2 is 1.68 bits per heavy atom. The lowest BCUT2D eigenvalue weighted by molar-refractivity contribution is 0.0697. The fourth-order valence-corrected chi connectivity index (χ4v) is 4.26. The zero-order valence-electron chi connectivity index (χ0n) is 19.7. The fraction of sp³-hybridized carbons (Fsp3) is 0.103. The molecular weight excluding hydrogens is 470 g/mol. The maximum absolute atomic E-state index is 12.5. The van der Waals surface area contributed by atoms with Crippen molar-refractivity contribution in [2.24, 2.45) is 10.2 Å². The van der Waals surface area contributed by atoms with Crippen molar-refractivity contribution < 1.29 is 24.5 Å². The molecule has 1 amide bonds. The molecule has 0 saturated carbocycles. The quantitative estimate of drug-likeness (QED) is 0.226. The van der Waals surface area contributed by atoms with E-state index in [1.807, 2.05) is 24.3 Å². The number of benzene rings is 4. The Morgan fingerprint density at radius 1 is 0.892 bits per heavy atom. The first-order chi connectivity index (χ1) is 18.0. The molecule has 0 fully saturated rings. The lowest BCUT2D eigenvalue weighted by Crippen LogP contribution is -2.29. The lowest BCUT2D eigenvalue weighted by atomic mass is 10.1. The van der Waals surface area contributed by atoms with E-state index in [0.29, 0.717) is 24.4 Å². The number of aromatic hydroxyl groups is 1. The van der Waals surface area contributed by atoms with Gasteiger partial charge in [0.15, 0.2) is 0 Å². The first-order valence-electron chi connectivity index (χ1n) is 11.7. The Balaban J connectivity index is 1.18. The van der Waals surface area contributed by atoms with Crippen LogP contribution in [0.25, 0.3) is 11.1 Å². The van der Waals surface area contributed by atoms with Gasteiger partial charge >= 0.3 is 12.1 Å². The highest BCUT2D eigenvalue weighted by atomic mass is 16.6. The van der Waals surface area contributed by atoms with Gasteiger partial charge in [-0.25, -0.2) is 9.59 Å². The Hall–Kier alpha value is -4.98. The molecule has 1 aliphatic rings. The van der Waals surface area contributed by atoms with Crippen LogP contribution in [-0.4, -0.2) is 28.8 Å². The van der Waals surface area contributed by atoms with Gasteiger partial charge in [-0.15, -0.1) is 5.11 Å².